The number of amides is 1. The second-order valence-electron chi connectivity index (χ2n) is 5.98. The minimum Gasteiger partial charge on any atom is -0.493 e. The summed E-state index contributed by atoms with van der Waals surface area (Å²) in [5.41, 5.74) is 2.03. The maximum absolute atomic E-state index is 11.9. The lowest BCUT2D eigenvalue weighted by atomic mass is 9.99. The Balaban J connectivity index is 1.75. The maximum Gasteiger partial charge on any atom is 0.223 e. The van der Waals surface area contributed by atoms with E-state index < -0.39 is 5.60 Å². The van der Waals surface area contributed by atoms with Crippen molar-refractivity contribution in [2.75, 3.05) is 13.2 Å². The number of hydrogen-bond acceptors (Lipinski definition) is 4. The van der Waals surface area contributed by atoms with Crippen molar-refractivity contribution >= 4 is 17.2 Å². The van der Waals surface area contributed by atoms with E-state index in [2.05, 4.69) is 11.4 Å². The van der Waals surface area contributed by atoms with Crippen LogP contribution in [-0.2, 0) is 10.4 Å². The Labute approximate surface area is 141 Å². The summed E-state index contributed by atoms with van der Waals surface area (Å²) >= 11 is 1.52. The van der Waals surface area contributed by atoms with Crippen molar-refractivity contribution in [1.29, 1.82) is 0 Å². The molecule has 4 nitrogen and oxygen atoms in total. The molecule has 1 aromatic heterocycles. The van der Waals surface area contributed by atoms with Gasteiger partial charge in [-0.1, -0.05) is 6.07 Å². The summed E-state index contributed by atoms with van der Waals surface area (Å²) in [5.74, 6) is 0.644. The van der Waals surface area contributed by atoms with Crippen LogP contribution < -0.4 is 10.1 Å². The van der Waals surface area contributed by atoms with E-state index in [4.69, 9.17) is 4.74 Å². The zero-order valence-corrected chi connectivity index (χ0v) is 14.6. The Hall–Kier alpha value is -1.85. The largest absolute Gasteiger partial charge is 0.493 e. The van der Waals surface area contributed by atoms with Crippen molar-refractivity contribution in [3.63, 3.8) is 0 Å². The monoisotopic (exact) mass is 333 g/mol. The van der Waals surface area contributed by atoms with Gasteiger partial charge in [0.25, 0.3) is 0 Å². The van der Waals surface area contributed by atoms with Crippen molar-refractivity contribution in [1.82, 2.24) is 5.32 Å². The van der Waals surface area contributed by atoms with Gasteiger partial charge in [-0.2, -0.15) is 11.3 Å². The fourth-order valence-corrected chi connectivity index (χ4v) is 3.09. The molecule has 0 spiro atoms. The fraction of sp³-hybridized carbons (Fsp3) is 0.389. The first-order valence-electron chi connectivity index (χ1n) is 7.60. The molecule has 0 aliphatic carbocycles. The molecule has 5 heteroatoms. The minimum atomic E-state index is -1.05. The Bertz CT molecular complexity index is 630. The number of nitrogens with one attached hydrogen (secondary N) is 1. The molecule has 124 valence electrons. The van der Waals surface area contributed by atoms with E-state index >= 15 is 0 Å². The van der Waals surface area contributed by atoms with Crippen LogP contribution in [0.2, 0.25) is 0 Å². The second-order valence-corrected chi connectivity index (χ2v) is 6.76. The topological polar surface area (TPSA) is 58.6 Å². The number of aliphatic hydroxyl groups is 1. The van der Waals surface area contributed by atoms with Gasteiger partial charge in [-0.15, -0.1) is 0 Å². The molecule has 2 N–H and O–H groups in total. The summed E-state index contributed by atoms with van der Waals surface area (Å²) in [4.78, 5) is 11.9. The molecule has 1 atom stereocenters. The normalized spacial score (nSPS) is 13.4. The number of aryl methyl sites for hydroxylation is 2. The Morgan fingerprint density at radius 1 is 1.30 bits per heavy atom. The molecule has 23 heavy (non-hydrogen) atoms. The molecule has 0 bridgehead atoms. The summed E-state index contributed by atoms with van der Waals surface area (Å²) in [6, 6.07) is 7.84. The van der Waals surface area contributed by atoms with Gasteiger partial charge in [-0.3, -0.25) is 4.79 Å². The van der Waals surface area contributed by atoms with E-state index in [0.29, 0.717) is 6.61 Å². The molecular formula is C18H23NO3S. The number of carbonyl (C=O) groups is 1. The summed E-state index contributed by atoms with van der Waals surface area (Å²) in [5, 5.41) is 16.9. The van der Waals surface area contributed by atoms with Gasteiger partial charge in [0.15, 0.2) is 0 Å². The number of thiophene rings is 1. The van der Waals surface area contributed by atoms with Crippen LogP contribution in [0.4, 0.5) is 0 Å². The van der Waals surface area contributed by atoms with Gasteiger partial charge in [0.1, 0.15) is 11.4 Å². The Morgan fingerprint density at radius 3 is 2.61 bits per heavy atom. The number of ether oxygens (including phenoxy) is 1. The highest BCUT2D eigenvalue weighted by Gasteiger charge is 2.24. The summed E-state index contributed by atoms with van der Waals surface area (Å²) < 4.78 is 5.62. The van der Waals surface area contributed by atoms with E-state index in [1.165, 1.54) is 11.3 Å². The number of rotatable bonds is 7. The van der Waals surface area contributed by atoms with E-state index in [9.17, 15) is 9.90 Å². The predicted molar refractivity (Wildman–Crippen MR) is 92.9 cm³/mol. The van der Waals surface area contributed by atoms with E-state index in [1.54, 1.807) is 6.92 Å². The fourth-order valence-electron chi connectivity index (χ4n) is 2.31. The summed E-state index contributed by atoms with van der Waals surface area (Å²) in [6.07, 6.45) is 0.257. The molecule has 0 saturated carbocycles. The van der Waals surface area contributed by atoms with Gasteiger partial charge in [0.05, 0.1) is 19.6 Å². The first-order chi connectivity index (χ1) is 10.9. The van der Waals surface area contributed by atoms with Gasteiger partial charge in [0, 0.05) is 0 Å². The van der Waals surface area contributed by atoms with Gasteiger partial charge in [0.2, 0.25) is 5.91 Å². The van der Waals surface area contributed by atoms with Crippen LogP contribution in [0.3, 0.4) is 0 Å². The van der Waals surface area contributed by atoms with Crippen LogP contribution in [0.15, 0.2) is 35.0 Å². The highest BCUT2D eigenvalue weighted by atomic mass is 32.1. The minimum absolute atomic E-state index is 0.134. The first-order valence-corrected chi connectivity index (χ1v) is 8.54. The zero-order valence-electron chi connectivity index (χ0n) is 13.8. The molecule has 0 saturated heterocycles. The maximum atomic E-state index is 11.9. The molecule has 1 aromatic carbocycles. The number of hydrogen-bond donors (Lipinski definition) is 2. The van der Waals surface area contributed by atoms with Gasteiger partial charge >= 0.3 is 0 Å². The Kier molecular flexibility index (Phi) is 5.80. The van der Waals surface area contributed by atoms with Crippen molar-refractivity contribution in [3.8, 4) is 5.75 Å². The molecule has 1 amide bonds. The first kappa shape index (κ1) is 17.5. The SMILES string of the molecule is Cc1cc(C)cc(OCCC(=O)NCC(C)(O)c2ccsc2)c1. The molecule has 0 fully saturated rings. The third kappa shape index (κ3) is 5.37. The van der Waals surface area contributed by atoms with Crippen LogP contribution >= 0.6 is 11.3 Å². The van der Waals surface area contributed by atoms with Crippen LogP contribution in [-0.4, -0.2) is 24.2 Å². The van der Waals surface area contributed by atoms with Gasteiger partial charge in [-0.05, 0) is 66.4 Å². The van der Waals surface area contributed by atoms with Crippen LogP contribution in [0, 0.1) is 13.8 Å². The molecule has 2 rings (SSSR count). The molecule has 0 aliphatic heterocycles. The standard InChI is InChI=1S/C18H23NO3S/c1-13-8-14(2)10-16(9-13)22-6-4-17(20)19-12-18(3,21)15-5-7-23-11-15/h5,7-11,21H,4,6,12H2,1-3H3,(H,19,20). The lowest BCUT2D eigenvalue weighted by Gasteiger charge is -2.22. The van der Waals surface area contributed by atoms with E-state index in [1.807, 2.05) is 42.8 Å². The highest BCUT2D eigenvalue weighted by Crippen LogP contribution is 2.22. The van der Waals surface area contributed by atoms with E-state index in [0.717, 1.165) is 22.4 Å². The third-order valence-corrected chi connectivity index (χ3v) is 4.25. The lowest BCUT2D eigenvalue weighted by molar-refractivity contribution is -0.122. The second kappa shape index (κ2) is 7.62. The van der Waals surface area contributed by atoms with Crippen molar-refractivity contribution in [2.45, 2.75) is 32.8 Å². The molecule has 0 aliphatic rings. The molecule has 2 aromatic rings. The quantitative estimate of drug-likeness (QED) is 0.818. The van der Waals surface area contributed by atoms with Crippen molar-refractivity contribution in [2.24, 2.45) is 0 Å². The zero-order chi connectivity index (χ0) is 16.9. The number of benzene rings is 1. The summed E-state index contributed by atoms with van der Waals surface area (Å²) in [7, 11) is 0. The molecule has 1 heterocycles. The average molecular weight is 333 g/mol. The third-order valence-electron chi connectivity index (χ3n) is 3.57. The number of carbonyl (C=O) groups excluding carboxylic acids is 1. The molecule has 0 radical (unpaired) electrons. The summed E-state index contributed by atoms with van der Waals surface area (Å²) in [6.45, 7) is 6.22. The molecular weight excluding hydrogens is 310 g/mol. The van der Waals surface area contributed by atoms with Crippen molar-refractivity contribution < 1.29 is 14.6 Å². The molecule has 1 unspecified atom stereocenters. The highest BCUT2D eigenvalue weighted by molar-refractivity contribution is 7.08. The predicted octanol–water partition coefficient (Wildman–Crippen LogP) is 3.16. The Morgan fingerprint density at radius 2 is 2.00 bits per heavy atom. The van der Waals surface area contributed by atoms with Crippen LogP contribution in [0.5, 0.6) is 5.75 Å². The smallest absolute Gasteiger partial charge is 0.223 e. The van der Waals surface area contributed by atoms with Crippen LogP contribution in [0.25, 0.3) is 0 Å². The average Bonchev–Trinajstić information content (AvgIpc) is 2.99. The van der Waals surface area contributed by atoms with Crippen molar-refractivity contribution in [3.05, 3.63) is 51.7 Å². The van der Waals surface area contributed by atoms with Crippen LogP contribution in [0.1, 0.15) is 30.0 Å². The van der Waals surface area contributed by atoms with Gasteiger partial charge < -0.3 is 15.2 Å². The lowest BCUT2D eigenvalue weighted by Crippen LogP contribution is -2.38. The van der Waals surface area contributed by atoms with Gasteiger partial charge in [-0.25, -0.2) is 0 Å². The van der Waals surface area contributed by atoms with E-state index in [-0.39, 0.29) is 18.9 Å².